The topological polar surface area (TPSA) is 58.6 Å². The van der Waals surface area contributed by atoms with E-state index in [4.69, 9.17) is 9.84 Å². The number of rotatable bonds is 8. The van der Waals surface area contributed by atoms with Gasteiger partial charge in [-0.1, -0.05) is 25.5 Å². The van der Waals surface area contributed by atoms with E-state index in [1.54, 1.807) is 7.11 Å². The summed E-state index contributed by atoms with van der Waals surface area (Å²) in [5, 5.41) is 12.2. The van der Waals surface area contributed by atoms with Crippen molar-refractivity contribution in [2.75, 3.05) is 20.3 Å². The maximum Gasteiger partial charge on any atom is 0.223 e. The van der Waals surface area contributed by atoms with Crippen molar-refractivity contribution in [2.24, 2.45) is 11.3 Å². The zero-order valence-electron chi connectivity index (χ0n) is 13.6. The number of benzene rings is 1. The van der Waals surface area contributed by atoms with Crippen LogP contribution in [0.2, 0.25) is 0 Å². The monoisotopic (exact) mass is 305 g/mol. The highest BCUT2D eigenvalue weighted by Gasteiger charge is 2.36. The molecule has 1 atom stereocenters. The molecule has 122 valence electrons. The lowest BCUT2D eigenvalue weighted by Gasteiger charge is -2.42. The van der Waals surface area contributed by atoms with Crippen molar-refractivity contribution in [1.82, 2.24) is 5.32 Å². The summed E-state index contributed by atoms with van der Waals surface area (Å²) in [4.78, 5) is 12.3. The Balaban J connectivity index is 1.81. The third-order valence-corrected chi connectivity index (χ3v) is 4.84. The van der Waals surface area contributed by atoms with Crippen LogP contribution in [-0.2, 0) is 11.2 Å². The van der Waals surface area contributed by atoms with E-state index in [-0.39, 0.29) is 23.8 Å². The molecule has 0 aromatic heterocycles. The maximum atomic E-state index is 12.3. The lowest BCUT2D eigenvalue weighted by atomic mass is 9.66. The summed E-state index contributed by atoms with van der Waals surface area (Å²) in [6.07, 6.45) is 4.95. The van der Waals surface area contributed by atoms with Crippen molar-refractivity contribution >= 4 is 5.91 Å². The minimum atomic E-state index is -0.0559. The van der Waals surface area contributed by atoms with Gasteiger partial charge in [-0.2, -0.15) is 0 Å². The Labute approximate surface area is 132 Å². The predicted molar refractivity (Wildman–Crippen MR) is 86.9 cm³/mol. The van der Waals surface area contributed by atoms with Crippen molar-refractivity contribution in [2.45, 2.75) is 39.0 Å². The first-order chi connectivity index (χ1) is 10.6. The summed E-state index contributed by atoms with van der Waals surface area (Å²) < 4.78 is 5.14. The van der Waals surface area contributed by atoms with Gasteiger partial charge in [-0.3, -0.25) is 4.79 Å². The molecule has 2 N–H and O–H groups in total. The number of aliphatic hydroxyl groups is 1. The Kier molecular flexibility index (Phi) is 5.83. The molecule has 1 amide bonds. The molecule has 22 heavy (non-hydrogen) atoms. The van der Waals surface area contributed by atoms with E-state index >= 15 is 0 Å². The molecule has 1 saturated carbocycles. The van der Waals surface area contributed by atoms with Crippen LogP contribution < -0.4 is 10.1 Å². The summed E-state index contributed by atoms with van der Waals surface area (Å²) in [5.74, 6) is 0.872. The second-order valence-electron chi connectivity index (χ2n) is 6.50. The second-order valence-corrected chi connectivity index (χ2v) is 6.50. The normalized spacial score (nSPS) is 17.4. The Hall–Kier alpha value is -1.55. The maximum absolute atomic E-state index is 12.3. The zero-order valence-corrected chi connectivity index (χ0v) is 13.6. The molecule has 0 radical (unpaired) electrons. The highest BCUT2D eigenvalue weighted by atomic mass is 16.5. The van der Waals surface area contributed by atoms with Crippen LogP contribution in [0.5, 0.6) is 5.75 Å². The van der Waals surface area contributed by atoms with Crippen LogP contribution in [0.15, 0.2) is 24.3 Å². The lowest BCUT2D eigenvalue weighted by Crippen LogP contribution is -2.44. The molecule has 2 rings (SSSR count). The van der Waals surface area contributed by atoms with E-state index in [0.717, 1.165) is 37.0 Å². The van der Waals surface area contributed by atoms with Gasteiger partial charge in [0.15, 0.2) is 0 Å². The average Bonchev–Trinajstić information content (AvgIpc) is 2.50. The largest absolute Gasteiger partial charge is 0.497 e. The first-order valence-electron chi connectivity index (χ1n) is 8.10. The van der Waals surface area contributed by atoms with Gasteiger partial charge < -0.3 is 15.2 Å². The van der Waals surface area contributed by atoms with Crippen LogP contribution in [0.25, 0.3) is 0 Å². The SMILES string of the molecule is COc1ccc(CC(C)C(=O)NCC2(CCO)CCC2)cc1. The summed E-state index contributed by atoms with van der Waals surface area (Å²) >= 11 is 0. The van der Waals surface area contributed by atoms with Crippen LogP contribution >= 0.6 is 0 Å². The first-order valence-corrected chi connectivity index (χ1v) is 8.10. The molecule has 0 spiro atoms. The fourth-order valence-electron chi connectivity index (χ4n) is 3.09. The number of amides is 1. The zero-order chi connectivity index (χ0) is 16.0. The summed E-state index contributed by atoms with van der Waals surface area (Å²) in [6.45, 7) is 2.86. The lowest BCUT2D eigenvalue weighted by molar-refractivity contribution is -0.125. The minimum absolute atomic E-state index is 0.0559. The summed E-state index contributed by atoms with van der Waals surface area (Å²) in [7, 11) is 1.65. The molecule has 4 nitrogen and oxygen atoms in total. The van der Waals surface area contributed by atoms with Gasteiger partial charge in [0.2, 0.25) is 5.91 Å². The number of methoxy groups -OCH3 is 1. The Bertz CT molecular complexity index is 480. The van der Waals surface area contributed by atoms with Gasteiger partial charge >= 0.3 is 0 Å². The quantitative estimate of drug-likeness (QED) is 0.776. The molecule has 0 saturated heterocycles. The van der Waals surface area contributed by atoms with Gasteiger partial charge in [-0.05, 0) is 48.8 Å². The van der Waals surface area contributed by atoms with Crippen molar-refractivity contribution < 1.29 is 14.6 Å². The van der Waals surface area contributed by atoms with E-state index in [1.807, 2.05) is 31.2 Å². The van der Waals surface area contributed by atoms with Crippen molar-refractivity contribution in [1.29, 1.82) is 0 Å². The number of ether oxygens (including phenoxy) is 1. The molecule has 1 aliphatic rings. The molecule has 1 unspecified atom stereocenters. The molecule has 1 aromatic rings. The number of carbonyl (C=O) groups excluding carboxylic acids is 1. The molecule has 0 aliphatic heterocycles. The minimum Gasteiger partial charge on any atom is -0.497 e. The standard InChI is InChI=1S/C18H27NO3/c1-14(12-15-4-6-16(22-2)7-5-15)17(21)19-13-18(10-11-20)8-3-9-18/h4-7,14,20H,3,8-13H2,1-2H3,(H,19,21). The molecule has 1 aliphatic carbocycles. The van der Waals surface area contributed by atoms with E-state index in [0.29, 0.717) is 6.54 Å². The van der Waals surface area contributed by atoms with Crippen molar-refractivity contribution in [3.8, 4) is 5.75 Å². The van der Waals surface area contributed by atoms with E-state index in [1.165, 1.54) is 6.42 Å². The van der Waals surface area contributed by atoms with Crippen LogP contribution in [0.4, 0.5) is 0 Å². The average molecular weight is 305 g/mol. The Morgan fingerprint density at radius 1 is 1.36 bits per heavy atom. The molecular weight excluding hydrogens is 278 g/mol. The number of nitrogens with one attached hydrogen (secondary N) is 1. The fraction of sp³-hybridized carbons (Fsp3) is 0.611. The third-order valence-electron chi connectivity index (χ3n) is 4.84. The first kappa shape index (κ1) is 16.8. The van der Waals surface area contributed by atoms with E-state index in [2.05, 4.69) is 5.32 Å². The smallest absolute Gasteiger partial charge is 0.223 e. The fourth-order valence-corrected chi connectivity index (χ4v) is 3.09. The van der Waals surface area contributed by atoms with Gasteiger partial charge in [0.05, 0.1) is 7.11 Å². The Morgan fingerprint density at radius 2 is 2.05 bits per heavy atom. The molecule has 1 fully saturated rings. The van der Waals surface area contributed by atoms with Gasteiger partial charge in [0, 0.05) is 19.1 Å². The number of hydrogen-bond donors (Lipinski definition) is 2. The molecule has 0 heterocycles. The van der Waals surface area contributed by atoms with E-state index in [9.17, 15) is 4.79 Å². The van der Waals surface area contributed by atoms with Gasteiger partial charge in [-0.25, -0.2) is 0 Å². The van der Waals surface area contributed by atoms with Crippen LogP contribution in [0.1, 0.15) is 38.2 Å². The van der Waals surface area contributed by atoms with Crippen molar-refractivity contribution in [3.05, 3.63) is 29.8 Å². The highest BCUT2D eigenvalue weighted by Crippen LogP contribution is 2.43. The molecule has 0 bridgehead atoms. The summed E-state index contributed by atoms with van der Waals surface area (Å²) in [6, 6.07) is 7.85. The van der Waals surface area contributed by atoms with Gasteiger partial charge in [-0.15, -0.1) is 0 Å². The van der Waals surface area contributed by atoms with Crippen molar-refractivity contribution in [3.63, 3.8) is 0 Å². The Morgan fingerprint density at radius 3 is 2.55 bits per heavy atom. The number of hydrogen-bond acceptors (Lipinski definition) is 3. The molecule has 4 heteroatoms. The summed E-state index contributed by atoms with van der Waals surface area (Å²) in [5.41, 5.74) is 1.28. The highest BCUT2D eigenvalue weighted by molar-refractivity contribution is 5.78. The predicted octanol–water partition coefficient (Wildman–Crippen LogP) is 2.54. The molecule has 1 aromatic carbocycles. The van der Waals surface area contributed by atoms with Gasteiger partial charge in [0.25, 0.3) is 0 Å². The number of carbonyl (C=O) groups is 1. The van der Waals surface area contributed by atoms with E-state index < -0.39 is 0 Å². The van der Waals surface area contributed by atoms with Crippen LogP contribution in [0, 0.1) is 11.3 Å². The third kappa shape index (κ3) is 4.23. The van der Waals surface area contributed by atoms with Gasteiger partial charge in [0.1, 0.15) is 5.75 Å². The molecular formula is C18H27NO3. The number of aliphatic hydroxyl groups excluding tert-OH is 1. The van der Waals surface area contributed by atoms with Crippen LogP contribution in [-0.4, -0.2) is 31.3 Å². The second kappa shape index (κ2) is 7.63. The van der Waals surface area contributed by atoms with Crippen LogP contribution in [0.3, 0.4) is 0 Å².